The third-order valence-corrected chi connectivity index (χ3v) is 7.32. The van der Waals surface area contributed by atoms with Gasteiger partial charge in [0.2, 0.25) is 5.78 Å². The lowest BCUT2D eigenvalue weighted by Gasteiger charge is -2.40. The molecular weight excluding hydrogens is 484 g/mol. The van der Waals surface area contributed by atoms with Crippen LogP contribution in [0.15, 0.2) is 30.4 Å². The van der Waals surface area contributed by atoms with Crippen LogP contribution in [-0.4, -0.2) is 69.0 Å². The second-order valence-corrected chi connectivity index (χ2v) is 9.56. The molecule has 0 saturated heterocycles. The number of Topliss-reactive ketones (excluding diaryl/α,β-unsaturated/α-hetero) is 1. The van der Waals surface area contributed by atoms with E-state index in [2.05, 4.69) is 0 Å². The van der Waals surface area contributed by atoms with Gasteiger partial charge in [0.05, 0.1) is 42.1 Å². The summed E-state index contributed by atoms with van der Waals surface area (Å²) >= 11 is 0. The third-order valence-electron chi connectivity index (χ3n) is 7.32. The molecule has 1 aliphatic heterocycles. The number of ether oxygens (including phenoxy) is 3. The molecule has 0 spiro atoms. The zero-order chi connectivity index (χ0) is 26.8. The van der Waals surface area contributed by atoms with E-state index in [1.807, 2.05) is 0 Å². The first-order valence-electron chi connectivity index (χ1n) is 11.8. The van der Waals surface area contributed by atoms with Gasteiger partial charge in [-0.2, -0.15) is 0 Å². The molecule has 3 aliphatic rings. The Morgan fingerprint density at radius 3 is 2.43 bits per heavy atom. The van der Waals surface area contributed by atoms with Crippen LogP contribution in [0.4, 0.5) is 0 Å². The number of fused-ring (bicyclic) bond motifs is 3. The molecule has 194 valence electrons. The topological polar surface area (TPSA) is 160 Å². The number of methoxy groups -OCH3 is 1. The maximum absolute atomic E-state index is 13.6. The maximum Gasteiger partial charge on any atom is 0.202 e. The van der Waals surface area contributed by atoms with E-state index in [-0.39, 0.29) is 34.4 Å². The average molecular weight is 510 g/mol. The van der Waals surface area contributed by atoms with E-state index in [0.29, 0.717) is 0 Å². The highest BCUT2D eigenvalue weighted by Gasteiger charge is 2.48. The summed E-state index contributed by atoms with van der Waals surface area (Å²) < 4.78 is 16.9. The van der Waals surface area contributed by atoms with Crippen molar-refractivity contribution in [3.63, 3.8) is 0 Å². The molecule has 10 nitrogen and oxygen atoms in total. The summed E-state index contributed by atoms with van der Waals surface area (Å²) in [5.74, 6) is -3.13. The molecule has 2 aromatic carbocycles. The number of aromatic hydroxyl groups is 2. The molecule has 1 heterocycles. The molecule has 5 atom stereocenters. The van der Waals surface area contributed by atoms with Crippen molar-refractivity contribution in [3.05, 3.63) is 63.7 Å². The van der Waals surface area contributed by atoms with E-state index in [9.17, 15) is 34.8 Å². The number of aliphatic hydroxyl groups is 2. The molecule has 1 unspecified atom stereocenters. The number of hydrogen-bond donors (Lipinski definition) is 4. The van der Waals surface area contributed by atoms with Gasteiger partial charge in [-0.3, -0.25) is 14.4 Å². The van der Waals surface area contributed by atoms with Crippen molar-refractivity contribution >= 4 is 17.3 Å². The van der Waals surface area contributed by atoms with Crippen LogP contribution in [0.3, 0.4) is 0 Å². The number of hydrogen-bond acceptors (Lipinski definition) is 10. The number of carbonyl (C=O) groups excluding carboxylic acids is 3. The summed E-state index contributed by atoms with van der Waals surface area (Å²) in [4.78, 5) is 39.5. The van der Waals surface area contributed by atoms with Gasteiger partial charge in [-0.1, -0.05) is 18.2 Å². The Morgan fingerprint density at radius 1 is 1.08 bits per heavy atom. The summed E-state index contributed by atoms with van der Waals surface area (Å²) in [5, 5.41) is 43.8. The number of phenolic OH excluding ortho intramolecular Hbond substituents is 2. The minimum Gasteiger partial charge on any atom is -0.507 e. The molecule has 0 saturated carbocycles. The fraction of sp³-hybridized carbons (Fsp3) is 0.370. The van der Waals surface area contributed by atoms with Crippen LogP contribution >= 0.6 is 0 Å². The Hall–Kier alpha value is -3.57. The summed E-state index contributed by atoms with van der Waals surface area (Å²) in [5.41, 5.74) is -2.98. The van der Waals surface area contributed by atoms with Crippen LogP contribution in [-0.2, 0) is 20.7 Å². The maximum atomic E-state index is 13.6. The minimum atomic E-state index is -1.98. The summed E-state index contributed by atoms with van der Waals surface area (Å²) in [7, 11) is 1.34. The van der Waals surface area contributed by atoms with Crippen molar-refractivity contribution in [3.8, 4) is 17.2 Å². The number of benzene rings is 2. The zero-order valence-corrected chi connectivity index (χ0v) is 20.3. The van der Waals surface area contributed by atoms with E-state index >= 15 is 0 Å². The molecule has 4 N–H and O–H groups in total. The van der Waals surface area contributed by atoms with Crippen LogP contribution in [0.5, 0.6) is 17.2 Å². The number of aliphatic hydroxyl groups excluding tert-OH is 1. The lowest BCUT2D eigenvalue weighted by atomic mass is 9.72. The summed E-state index contributed by atoms with van der Waals surface area (Å²) in [6.07, 6.45) is -1.55. The van der Waals surface area contributed by atoms with E-state index in [0.717, 1.165) is 0 Å². The second kappa shape index (κ2) is 8.77. The average Bonchev–Trinajstić information content (AvgIpc) is 2.86. The molecular formula is C27H26O10. The van der Waals surface area contributed by atoms with Gasteiger partial charge in [-0.05, 0) is 26.0 Å². The number of phenols is 2. The largest absolute Gasteiger partial charge is 0.507 e. The van der Waals surface area contributed by atoms with Crippen molar-refractivity contribution in [2.24, 2.45) is 0 Å². The second-order valence-electron chi connectivity index (χ2n) is 9.56. The summed E-state index contributed by atoms with van der Waals surface area (Å²) in [6.45, 7) is 2.81. The predicted molar refractivity (Wildman–Crippen MR) is 127 cm³/mol. The zero-order valence-electron chi connectivity index (χ0n) is 20.3. The smallest absolute Gasteiger partial charge is 0.202 e. The Bertz CT molecular complexity index is 1380. The van der Waals surface area contributed by atoms with Crippen molar-refractivity contribution in [1.29, 1.82) is 0 Å². The van der Waals surface area contributed by atoms with Crippen molar-refractivity contribution in [2.75, 3.05) is 7.11 Å². The highest BCUT2D eigenvalue weighted by atomic mass is 16.7. The van der Waals surface area contributed by atoms with Gasteiger partial charge in [0.15, 0.2) is 17.9 Å². The Kier molecular flexibility index (Phi) is 5.95. The monoisotopic (exact) mass is 510 g/mol. The molecule has 37 heavy (non-hydrogen) atoms. The quantitative estimate of drug-likeness (QED) is 0.301. The van der Waals surface area contributed by atoms with E-state index in [1.54, 1.807) is 6.92 Å². The van der Waals surface area contributed by atoms with Gasteiger partial charge in [0.25, 0.3) is 0 Å². The molecule has 0 radical (unpaired) electrons. The number of carbonyl (C=O) groups is 3. The van der Waals surface area contributed by atoms with Gasteiger partial charge in [-0.25, -0.2) is 0 Å². The van der Waals surface area contributed by atoms with E-state index < -0.39 is 76.6 Å². The predicted octanol–water partition coefficient (Wildman–Crippen LogP) is 1.87. The molecule has 0 bridgehead atoms. The lowest BCUT2D eigenvalue weighted by molar-refractivity contribution is -0.200. The SMILES string of the molecule is COc1cccc2c1C(=O)c1c(O)c3c(c(O)c1C2=O)C[C@@](O)(C(C)=O)C[C@@H]3O[C@@H]1C=CC(O)[C@H](C)O1. The van der Waals surface area contributed by atoms with Gasteiger partial charge >= 0.3 is 0 Å². The molecule has 10 heteroatoms. The molecule has 2 aromatic rings. The Morgan fingerprint density at radius 2 is 1.78 bits per heavy atom. The Labute approximate surface area is 211 Å². The molecule has 0 fully saturated rings. The summed E-state index contributed by atoms with van der Waals surface area (Å²) in [6, 6.07) is 4.44. The normalized spacial score (nSPS) is 28.4. The van der Waals surface area contributed by atoms with E-state index in [1.165, 1.54) is 44.4 Å². The van der Waals surface area contributed by atoms with Crippen molar-refractivity contribution in [2.45, 2.75) is 56.9 Å². The van der Waals surface area contributed by atoms with Gasteiger partial charge in [-0.15, -0.1) is 0 Å². The van der Waals surface area contributed by atoms with Crippen molar-refractivity contribution < 1.29 is 49.0 Å². The number of rotatable bonds is 4. The molecule has 0 amide bonds. The van der Waals surface area contributed by atoms with E-state index in [4.69, 9.17) is 14.2 Å². The highest BCUT2D eigenvalue weighted by Crippen LogP contribution is 2.52. The molecule has 5 rings (SSSR count). The number of ketones is 3. The third kappa shape index (κ3) is 3.75. The molecule has 2 aliphatic carbocycles. The van der Waals surface area contributed by atoms with Crippen LogP contribution in [0.1, 0.15) is 69.3 Å². The van der Waals surface area contributed by atoms with Gasteiger partial charge in [0.1, 0.15) is 22.8 Å². The van der Waals surface area contributed by atoms with Crippen molar-refractivity contribution in [1.82, 2.24) is 0 Å². The minimum absolute atomic E-state index is 0.00905. The van der Waals surface area contributed by atoms with Crippen LogP contribution in [0.25, 0.3) is 0 Å². The van der Waals surface area contributed by atoms with Crippen LogP contribution < -0.4 is 4.74 Å². The fourth-order valence-electron chi connectivity index (χ4n) is 5.24. The first-order chi connectivity index (χ1) is 17.5. The van der Waals surface area contributed by atoms with Crippen LogP contribution in [0, 0.1) is 0 Å². The van der Waals surface area contributed by atoms with Crippen LogP contribution in [0.2, 0.25) is 0 Å². The van der Waals surface area contributed by atoms with Gasteiger partial charge < -0.3 is 34.6 Å². The van der Waals surface area contributed by atoms with Gasteiger partial charge in [0, 0.05) is 29.5 Å². The highest BCUT2D eigenvalue weighted by molar-refractivity contribution is 6.31. The fourth-order valence-corrected chi connectivity index (χ4v) is 5.24. The molecule has 0 aromatic heterocycles. The lowest BCUT2D eigenvalue weighted by Crippen LogP contribution is -2.46. The first-order valence-corrected chi connectivity index (χ1v) is 11.8. The first kappa shape index (κ1) is 25.1. The Balaban J connectivity index is 1.71. The standard InChI is InChI=1S/C27H26O10/c1-11-15(29)7-8-18(36-11)37-17-10-27(34,12(2)28)9-14-20(17)26(33)22-21(24(14)31)23(30)13-5-4-6-16(35-3)19(13)25(22)32/h4-8,11,15,17-18,29,31,33-34H,9-10H2,1-3H3/t11-,15?,17-,18+,27-/m0/s1.